The summed E-state index contributed by atoms with van der Waals surface area (Å²) in [5.74, 6) is -1.20. The summed E-state index contributed by atoms with van der Waals surface area (Å²) >= 11 is 0. The van der Waals surface area contributed by atoms with Crippen molar-refractivity contribution < 1.29 is 14.0 Å². The molecule has 1 heterocycles. The van der Waals surface area contributed by atoms with E-state index in [-0.39, 0.29) is 24.0 Å². The number of halogens is 2. The summed E-state index contributed by atoms with van der Waals surface area (Å²) < 4.78 is 14.6. The standard InChI is InChI=1S/C19H20FN3O2.ClH/c1-12(22-19(25)13-5-3-2-4-6-13)18(24)23-16-8-7-14-11-21-10-9-15(14)17(16)20;/h2-8,12,21H,9-11H2,1H3,(H,22,25)(H,23,24);1H. The van der Waals surface area contributed by atoms with Gasteiger partial charge in [0.05, 0.1) is 5.69 Å². The second-order valence-electron chi connectivity index (χ2n) is 6.04. The number of fused-ring (bicyclic) bond motifs is 1. The topological polar surface area (TPSA) is 70.2 Å². The molecular weight excluding hydrogens is 357 g/mol. The molecule has 0 spiro atoms. The van der Waals surface area contributed by atoms with Crippen molar-refractivity contribution in [2.45, 2.75) is 25.9 Å². The number of hydrogen-bond donors (Lipinski definition) is 3. The van der Waals surface area contributed by atoms with E-state index in [1.54, 1.807) is 43.3 Å². The normalized spacial score (nSPS) is 13.8. The molecule has 7 heteroatoms. The van der Waals surface area contributed by atoms with Crippen molar-refractivity contribution in [2.24, 2.45) is 0 Å². The molecule has 2 aromatic carbocycles. The predicted octanol–water partition coefficient (Wildman–Crippen LogP) is 2.65. The molecule has 2 aromatic rings. The van der Waals surface area contributed by atoms with Crippen molar-refractivity contribution in [3.63, 3.8) is 0 Å². The van der Waals surface area contributed by atoms with Crippen molar-refractivity contribution >= 4 is 29.9 Å². The lowest BCUT2D eigenvalue weighted by Gasteiger charge is -2.20. The van der Waals surface area contributed by atoms with Gasteiger partial charge in [0.15, 0.2) is 0 Å². The zero-order valence-electron chi connectivity index (χ0n) is 14.3. The maximum atomic E-state index is 14.6. The van der Waals surface area contributed by atoms with Crippen LogP contribution in [-0.4, -0.2) is 24.4 Å². The zero-order chi connectivity index (χ0) is 17.8. The maximum absolute atomic E-state index is 14.6. The van der Waals surface area contributed by atoms with E-state index in [0.29, 0.717) is 30.6 Å². The molecule has 3 N–H and O–H groups in total. The lowest BCUT2D eigenvalue weighted by atomic mass is 9.99. The molecule has 138 valence electrons. The molecule has 0 radical (unpaired) electrons. The summed E-state index contributed by atoms with van der Waals surface area (Å²) in [5, 5.41) is 8.36. The van der Waals surface area contributed by atoms with Gasteiger partial charge >= 0.3 is 0 Å². The van der Waals surface area contributed by atoms with Crippen molar-refractivity contribution in [3.8, 4) is 0 Å². The first-order valence-corrected chi connectivity index (χ1v) is 8.24. The number of rotatable bonds is 4. The second kappa shape index (κ2) is 8.78. The van der Waals surface area contributed by atoms with Gasteiger partial charge in [-0.3, -0.25) is 9.59 Å². The maximum Gasteiger partial charge on any atom is 0.251 e. The van der Waals surface area contributed by atoms with Crippen LogP contribution in [0.25, 0.3) is 0 Å². The highest BCUT2D eigenvalue weighted by atomic mass is 35.5. The van der Waals surface area contributed by atoms with Gasteiger partial charge in [0, 0.05) is 12.1 Å². The molecule has 2 amide bonds. The van der Waals surface area contributed by atoms with E-state index in [1.807, 2.05) is 6.07 Å². The number of amides is 2. The fourth-order valence-corrected chi connectivity index (χ4v) is 2.81. The lowest BCUT2D eigenvalue weighted by Crippen LogP contribution is -2.41. The smallest absolute Gasteiger partial charge is 0.251 e. The molecule has 3 rings (SSSR count). The van der Waals surface area contributed by atoms with E-state index >= 15 is 0 Å². The summed E-state index contributed by atoms with van der Waals surface area (Å²) in [6.45, 7) is 2.91. The highest BCUT2D eigenvalue weighted by molar-refractivity contribution is 6.01. The van der Waals surface area contributed by atoms with E-state index in [0.717, 1.165) is 5.56 Å². The van der Waals surface area contributed by atoms with Crippen LogP contribution in [0.2, 0.25) is 0 Å². The van der Waals surface area contributed by atoms with Gasteiger partial charge in [0.2, 0.25) is 5.91 Å². The number of nitrogens with one attached hydrogen (secondary N) is 3. The third kappa shape index (κ3) is 4.39. The molecule has 0 aromatic heterocycles. The van der Waals surface area contributed by atoms with Gasteiger partial charge in [-0.15, -0.1) is 12.4 Å². The van der Waals surface area contributed by atoms with E-state index in [1.165, 1.54) is 0 Å². The van der Waals surface area contributed by atoms with Crippen LogP contribution in [0, 0.1) is 5.82 Å². The Hall–Kier alpha value is -2.44. The molecular formula is C19H21ClFN3O2. The van der Waals surface area contributed by atoms with Crippen molar-refractivity contribution in [1.82, 2.24) is 10.6 Å². The van der Waals surface area contributed by atoms with Crippen LogP contribution in [0.5, 0.6) is 0 Å². The Balaban J connectivity index is 0.00000243. The molecule has 0 bridgehead atoms. The number of carbonyl (C=O) groups is 2. The van der Waals surface area contributed by atoms with E-state index in [4.69, 9.17) is 0 Å². The molecule has 1 aliphatic heterocycles. The molecule has 0 aliphatic carbocycles. The third-order valence-electron chi connectivity index (χ3n) is 4.24. The minimum Gasteiger partial charge on any atom is -0.341 e. The van der Waals surface area contributed by atoms with Gasteiger partial charge in [0.1, 0.15) is 11.9 Å². The summed E-state index contributed by atoms with van der Waals surface area (Å²) in [6.07, 6.45) is 0.588. The first kappa shape index (κ1) is 19.9. The lowest BCUT2D eigenvalue weighted by molar-refractivity contribution is -0.117. The molecule has 26 heavy (non-hydrogen) atoms. The average Bonchev–Trinajstić information content (AvgIpc) is 2.64. The number of hydrogen-bond acceptors (Lipinski definition) is 3. The van der Waals surface area contributed by atoms with Gasteiger partial charge < -0.3 is 16.0 Å². The Kier molecular flexibility index (Phi) is 6.71. The first-order valence-electron chi connectivity index (χ1n) is 8.24. The monoisotopic (exact) mass is 377 g/mol. The minimum absolute atomic E-state index is 0. The third-order valence-corrected chi connectivity index (χ3v) is 4.24. The van der Waals surface area contributed by atoms with Crippen LogP contribution in [-0.2, 0) is 17.8 Å². The second-order valence-corrected chi connectivity index (χ2v) is 6.04. The SMILES string of the molecule is CC(NC(=O)c1ccccc1)C(=O)Nc1ccc2c(c1F)CCNC2.Cl. The Morgan fingerprint density at radius 2 is 1.88 bits per heavy atom. The molecule has 1 aliphatic rings. The van der Waals surface area contributed by atoms with Crippen molar-refractivity contribution in [1.29, 1.82) is 0 Å². The van der Waals surface area contributed by atoms with Crippen LogP contribution in [0.1, 0.15) is 28.4 Å². The number of anilines is 1. The molecule has 0 fully saturated rings. The Morgan fingerprint density at radius 1 is 1.15 bits per heavy atom. The average molecular weight is 378 g/mol. The van der Waals surface area contributed by atoms with Gasteiger partial charge in [-0.25, -0.2) is 4.39 Å². The molecule has 0 saturated carbocycles. The molecule has 0 saturated heterocycles. The Morgan fingerprint density at radius 3 is 2.62 bits per heavy atom. The summed E-state index contributed by atoms with van der Waals surface area (Å²) in [6, 6.07) is 11.2. The molecule has 1 atom stereocenters. The van der Waals surface area contributed by atoms with E-state index in [9.17, 15) is 14.0 Å². The summed E-state index contributed by atoms with van der Waals surface area (Å²) in [4.78, 5) is 24.4. The van der Waals surface area contributed by atoms with Crippen LogP contribution in [0.3, 0.4) is 0 Å². The van der Waals surface area contributed by atoms with Crippen LogP contribution in [0.4, 0.5) is 10.1 Å². The highest BCUT2D eigenvalue weighted by Crippen LogP contribution is 2.24. The van der Waals surface area contributed by atoms with E-state index < -0.39 is 17.8 Å². The van der Waals surface area contributed by atoms with Gasteiger partial charge in [-0.05, 0) is 49.2 Å². The van der Waals surface area contributed by atoms with Crippen LogP contribution >= 0.6 is 12.4 Å². The first-order chi connectivity index (χ1) is 12.1. The van der Waals surface area contributed by atoms with Gasteiger partial charge in [-0.2, -0.15) is 0 Å². The fraction of sp³-hybridized carbons (Fsp3) is 0.263. The van der Waals surface area contributed by atoms with Crippen LogP contribution < -0.4 is 16.0 Å². The van der Waals surface area contributed by atoms with Crippen molar-refractivity contribution in [3.05, 3.63) is 65.0 Å². The van der Waals surface area contributed by atoms with E-state index in [2.05, 4.69) is 16.0 Å². The zero-order valence-corrected chi connectivity index (χ0v) is 15.2. The quantitative estimate of drug-likeness (QED) is 0.767. The molecule has 5 nitrogen and oxygen atoms in total. The van der Waals surface area contributed by atoms with Crippen molar-refractivity contribution in [2.75, 3.05) is 11.9 Å². The van der Waals surface area contributed by atoms with Gasteiger partial charge in [0.25, 0.3) is 5.91 Å². The molecule has 1 unspecified atom stereocenters. The summed E-state index contributed by atoms with van der Waals surface area (Å²) in [7, 11) is 0. The number of carbonyl (C=O) groups excluding carboxylic acids is 2. The Labute approximate surface area is 157 Å². The number of benzene rings is 2. The Bertz CT molecular complexity index is 799. The predicted molar refractivity (Wildman–Crippen MR) is 101 cm³/mol. The largest absolute Gasteiger partial charge is 0.341 e. The fourth-order valence-electron chi connectivity index (χ4n) is 2.81. The van der Waals surface area contributed by atoms with Crippen LogP contribution in [0.15, 0.2) is 42.5 Å². The minimum atomic E-state index is -0.787. The summed E-state index contributed by atoms with van der Waals surface area (Å²) in [5.41, 5.74) is 2.16. The van der Waals surface area contributed by atoms with Gasteiger partial charge in [-0.1, -0.05) is 24.3 Å². The highest BCUT2D eigenvalue weighted by Gasteiger charge is 2.21.